The molecular formula is C10H11FN4O. The molecule has 16 heavy (non-hydrogen) atoms. The topological polar surface area (TPSA) is 51.5 Å². The predicted molar refractivity (Wildman–Crippen MR) is 54.5 cm³/mol. The van der Waals surface area contributed by atoms with Gasteiger partial charge in [-0.25, -0.2) is 4.39 Å². The highest BCUT2D eigenvalue weighted by Gasteiger charge is 2.21. The van der Waals surface area contributed by atoms with Crippen LogP contribution in [0.4, 0.5) is 4.39 Å². The number of pyridine rings is 1. The first-order valence-corrected chi connectivity index (χ1v) is 5.17. The van der Waals surface area contributed by atoms with Gasteiger partial charge in [0, 0.05) is 19.3 Å². The van der Waals surface area contributed by atoms with Crippen LogP contribution in [0.25, 0.3) is 5.65 Å². The molecular weight excluding hydrogens is 211 g/mol. The van der Waals surface area contributed by atoms with Crippen LogP contribution in [0.2, 0.25) is 0 Å². The lowest BCUT2D eigenvalue weighted by molar-refractivity contribution is 0.0215. The molecule has 3 rings (SSSR count). The minimum atomic E-state index is -0.308. The smallest absolute Gasteiger partial charge is 0.168 e. The molecule has 1 N–H and O–H groups in total. The summed E-state index contributed by atoms with van der Waals surface area (Å²) in [6.45, 7) is 2.15. The minimum Gasteiger partial charge on any atom is -0.368 e. The van der Waals surface area contributed by atoms with Gasteiger partial charge < -0.3 is 10.1 Å². The van der Waals surface area contributed by atoms with E-state index in [1.54, 1.807) is 10.5 Å². The molecule has 5 nitrogen and oxygen atoms in total. The van der Waals surface area contributed by atoms with Crippen LogP contribution >= 0.6 is 0 Å². The van der Waals surface area contributed by atoms with Crippen molar-refractivity contribution >= 4 is 5.65 Å². The van der Waals surface area contributed by atoms with Crippen LogP contribution in [0.5, 0.6) is 0 Å². The maximum absolute atomic E-state index is 13.1. The molecule has 0 saturated carbocycles. The first kappa shape index (κ1) is 9.68. The summed E-state index contributed by atoms with van der Waals surface area (Å²) in [5.41, 5.74) is 0.630. The van der Waals surface area contributed by atoms with Gasteiger partial charge in [0.25, 0.3) is 0 Å². The van der Waals surface area contributed by atoms with Crippen molar-refractivity contribution < 1.29 is 9.13 Å². The summed E-state index contributed by atoms with van der Waals surface area (Å²) < 4.78 is 20.3. The number of nitrogens with zero attached hydrogens (tertiary/aromatic N) is 3. The molecule has 2 aromatic heterocycles. The Labute approximate surface area is 91.2 Å². The molecule has 84 valence electrons. The molecule has 0 bridgehead atoms. The van der Waals surface area contributed by atoms with Crippen LogP contribution in [0, 0.1) is 5.82 Å². The summed E-state index contributed by atoms with van der Waals surface area (Å²) in [5.74, 6) is 0.332. The van der Waals surface area contributed by atoms with E-state index in [2.05, 4.69) is 15.5 Å². The molecule has 1 atom stereocenters. The number of fused-ring (bicyclic) bond motifs is 1. The Morgan fingerprint density at radius 2 is 2.38 bits per heavy atom. The summed E-state index contributed by atoms with van der Waals surface area (Å²) in [7, 11) is 0. The SMILES string of the molecule is Fc1ccc2nnc(C3CNCCO3)n2c1. The maximum Gasteiger partial charge on any atom is 0.168 e. The van der Waals surface area contributed by atoms with Gasteiger partial charge in [0.1, 0.15) is 11.9 Å². The quantitative estimate of drug-likeness (QED) is 0.764. The van der Waals surface area contributed by atoms with Crippen molar-refractivity contribution in [3.05, 3.63) is 30.0 Å². The highest BCUT2D eigenvalue weighted by Crippen LogP contribution is 2.17. The van der Waals surface area contributed by atoms with Crippen molar-refractivity contribution in [3.63, 3.8) is 0 Å². The summed E-state index contributed by atoms with van der Waals surface area (Å²) in [6.07, 6.45) is 1.22. The average molecular weight is 222 g/mol. The van der Waals surface area contributed by atoms with E-state index in [9.17, 15) is 4.39 Å². The van der Waals surface area contributed by atoms with E-state index in [1.807, 2.05) is 0 Å². The van der Waals surface area contributed by atoms with E-state index in [1.165, 1.54) is 12.3 Å². The zero-order valence-electron chi connectivity index (χ0n) is 8.56. The number of aromatic nitrogens is 3. The number of rotatable bonds is 1. The molecule has 1 aliphatic rings. The van der Waals surface area contributed by atoms with E-state index in [4.69, 9.17) is 4.74 Å². The fraction of sp³-hybridized carbons (Fsp3) is 0.400. The van der Waals surface area contributed by atoms with Gasteiger partial charge in [-0.1, -0.05) is 0 Å². The zero-order valence-corrected chi connectivity index (χ0v) is 8.56. The number of hydrogen-bond acceptors (Lipinski definition) is 4. The zero-order chi connectivity index (χ0) is 11.0. The second kappa shape index (κ2) is 3.80. The standard InChI is InChI=1S/C10H11FN4O/c11-7-1-2-9-13-14-10(15(9)6-7)8-5-12-3-4-16-8/h1-2,6,8,12H,3-5H2. The molecule has 1 unspecified atom stereocenters. The van der Waals surface area contributed by atoms with Gasteiger partial charge in [0.2, 0.25) is 0 Å². The first-order chi connectivity index (χ1) is 7.84. The van der Waals surface area contributed by atoms with E-state index >= 15 is 0 Å². The molecule has 0 aromatic carbocycles. The molecule has 2 aromatic rings. The predicted octanol–water partition coefficient (Wildman–Crippen LogP) is 0.529. The van der Waals surface area contributed by atoms with Crippen LogP contribution < -0.4 is 5.32 Å². The Bertz CT molecular complexity index is 506. The summed E-state index contributed by atoms with van der Waals surface area (Å²) in [4.78, 5) is 0. The first-order valence-electron chi connectivity index (χ1n) is 5.17. The lowest BCUT2D eigenvalue weighted by Gasteiger charge is -2.21. The molecule has 0 amide bonds. The molecule has 0 aliphatic carbocycles. The molecule has 3 heterocycles. The third kappa shape index (κ3) is 1.56. The van der Waals surface area contributed by atoms with Gasteiger partial charge in [-0.2, -0.15) is 0 Å². The lowest BCUT2D eigenvalue weighted by Crippen LogP contribution is -2.34. The van der Waals surface area contributed by atoms with Crippen molar-refractivity contribution in [1.29, 1.82) is 0 Å². The van der Waals surface area contributed by atoms with Gasteiger partial charge in [0.15, 0.2) is 11.5 Å². The van der Waals surface area contributed by atoms with Crippen molar-refractivity contribution in [1.82, 2.24) is 19.9 Å². The van der Waals surface area contributed by atoms with Crippen molar-refractivity contribution in [2.24, 2.45) is 0 Å². The summed E-state index contributed by atoms with van der Waals surface area (Å²) in [5, 5.41) is 11.2. The van der Waals surface area contributed by atoms with Crippen molar-refractivity contribution in [2.75, 3.05) is 19.7 Å². The maximum atomic E-state index is 13.1. The van der Waals surface area contributed by atoms with Gasteiger partial charge in [-0.15, -0.1) is 10.2 Å². The monoisotopic (exact) mass is 222 g/mol. The van der Waals surface area contributed by atoms with Crippen LogP contribution in [0.15, 0.2) is 18.3 Å². The lowest BCUT2D eigenvalue weighted by atomic mass is 10.3. The van der Waals surface area contributed by atoms with Crippen LogP contribution in [-0.2, 0) is 4.74 Å². The summed E-state index contributed by atoms with van der Waals surface area (Å²) >= 11 is 0. The van der Waals surface area contributed by atoms with E-state index < -0.39 is 0 Å². The molecule has 1 fully saturated rings. The molecule has 0 spiro atoms. The van der Waals surface area contributed by atoms with Gasteiger partial charge in [0.05, 0.1) is 6.61 Å². The normalized spacial score (nSPS) is 21.4. The highest BCUT2D eigenvalue weighted by molar-refractivity contribution is 5.37. The Hall–Kier alpha value is -1.53. The fourth-order valence-electron chi connectivity index (χ4n) is 1.83. The van der Waals surface area contributed by atoms with Crippen LogP contribution in [0.1, 0.15) is 11.9 Å². The van der Waals surface area contributed by atoms with Crippen LogP contribution in [0.3, 0.4) is 0 Å². The Morgan fingerprint density at radius 3 is 3.19 bits per heavy atom. The molecule has 1 saturated heterocycles. The van der Waals surface area contributed by atoms with Gasteiger partial charge in [-0.3, -0.25) is 4.40 Å². The van der Waals surface area contributed by atoms with Crippen molar-refractivity contribution in [3.8, 4) is 0 Å². The third-order valence-electron chi connectivity index (χ3n) is 2.61. The minimum absolute atomic E-state index is 0.162. The van der Waals surface area contributed by atoms with Gasteiger partial charge in [-0.05, 0) is 12.1 Å². The average Bonchev–Trinajstić information content (AvgIpc) is 2.73. The molecule has 6 heteroatoms. The number of nitrogens with one attached hydrogen (secondary N) is 1. The highest BCUT2D eigenvalue weighted by atomic mass is 19.1. The number of morpholine rings is 1. The van der Waals surface area contributed by atoms with E-state index in [-0.39, 0.29) is 11.9 Å². The largest absolute Gasteiger partial charge is 0.368 e. The van der Waals surface area contributed by atoms with Crippen LogP contribution in [-0.4, -0.2) is 34.3 Å². The number of hydrogen-bond donors (Lipinski definition) is 1. The van der Waals surface area contributed by atoms with Crippen molar-refractivity contribution in [2.45, 2.75) is 6.10 Å². The Morgan fingerprint density at radius 1 is 1.44 bits per heavy atom. The Kier molecular flexibility index (Phi) is 2.30. The number of halogens is 1. The second-order valence-corrected chi connectivity index (χ2v) is 3.70. The second-order valence-electron chi connectivity index (χ2n) is 3.70. The third-order valence-corrected chi connectivity index (χ3v) is 2.61. The van der Waals surface area contributed by atoms with E-state index in [0.717, 1.165) is 6.54 Å². The summed E-state index contributed by atoms with van der Waals surface area (Å²) in [6, 6.07) is 2.97. The Balaban J connectivity index is 2.05. The van der Waals surface area contributed by atoms with E-state index in [0.29, 0.717) is 24.6 Å². The van der Waals surface area contributed by atoms with Gasteiger partial charge >= 0.3 is 0 Å². The molecule has 0 radical (unpaired) electrons. The number of ether oxygens (including phenoxy) is 1. The molecule has 1 aliphatic heterocycles. The fourth-order valence-corrected chi connectivity index (χ4v) is 1.83.